The summed E-state index contributed by atoms with van der Waals surface area (Å²) in [6.07, 6.45) is 4.04. The van der Waals surface area contributed by atoms with Gasteiger partial charge in [-0.05, 0) is 61.9 Å². The van der Waals surface area contributed by atoms with Crippen LogP contribution in [-0.2, 0) is 22.9 Å². The zero-order valence-corrected chi connectivity index (χ0v) is 21.4. The first kappa shape index (κ1) is 24.5. The number of sulfone groups is 1. The molecule has 0 radical (unpaired) electrons. The number of anilines is 2. The summed E-state index contributed by atoms with van der Waals surface area (Å²) in [6.45, 7) is 3.75. The van der Waals surface area contributed by atoms with Crippen LogP contribution >= 0.6 is 0 Å². The molecule has 188 valence electrons. The number of ether oxygens (including phenoxy) is 1. The second kappa shape index (κ2) is 10.4. The Labute approximate surface area is 215 Å². The molecule has 0 amide bonds. The van der Waals surface area contributed by atoms with Crippen molar-refractivity contribution in [3.63, 3.8) is 0 Å². The van der Waals surface area contributed by atoms with E-state index in [9.17, 15) is 8.42 Å². The van der Waals surface area contributed by atoms with Crippen LogP contribution in [0, 0.1) is 0 Å². The van der Waals surface area contributed by atoms with Gasteiger partial charge >= 0.3 is 0 Å². The van der Waals surface area contributed by atoms with Crippen LogP contribution in [0.1, 0.15) is 30.9 Å². The molecule has 37 heavy (non-hydrogen) atoms. The number of nitrogens with one attached hydrogen (secondary N) is 2. The van der Waals surface area contributed by atoms with E-state index in [4.69, 9.17) is 14.7 Å². The van der Waals surface area contributed by atoms with Gasteiger partial charge in [0.15, 0.2) is 15.7 Å². The highest BCUT2D eigenvalue weighted by molar-refractivity contribution is 7.92. The van der Waals surface area contributed by atoms with Crippen LogP contribution in [0.15, 0.2) is 90.1 Å². The maximum absolute atomic E-state index is 12.9. The van der Waals surface area contributed by atoms with E-state index in [1.807, 2.05) is 48.5 Å². The number of pyridine rings is 1. The van der Waals surface area contributed by atoms with Crippen molar-refractivity contribution in [1.29, 1.82) is 0 Å². The number of hydrogen-bond acceptors (Lipinski definition) is 7. The average Bonchev–Trinajstić information content (AvgIpc) is 3.38. The van der Waals surface area contributed by atoms with Crippen LogP contribution in [0.4, 0.5) is 11.5 Å². The maximum Gasteiger partial charge on any atom is 0.182 e. The van der Waals surface area contributed by atoms with Gasteiger partial charge in [-0.15, -0.1) is 0 Å². The number of para-hydroxylation sites is 1. The maximum atomic E-state index is 12.9. The topological polar surface area (TPSA) is 110 Å². The van der Waals surface area contributed by atoms with Crippen molar-refractivity contribution in [1.82, 2.24) is 19.9 Å². The highest BCUT2D eigenvalue weighted by Crippen LogP contribution is 2.30. The van der Waals surface area contributed by atoms with E-state index in [-0.39, 0.29) is 4.90 Å². The molecule has 2 aromatic carbocycles. The molecule has 0 bridgehead atoms. The zero-order valence-electron chi connectivity index (χ0n) is 20.5. The minimum absolute atomic E-state index is 0.242. The molecule has 0 unspecified atom stereocenters. The summed E-state index contributed by atoms with van der Waals surface area (Å²) in [5.41, 5.74) is 3.81. The molecule has 0 aliphatic carbocycles. The van der Waals surface area contributed by atoms with Gasteiger partial charge in [-0.3, -0.25) is 4.98 Å². The summed E-state index contributed by atoms with van der Waals surface area (Å²) in [5, 5.41) is 2.70. The molecule has 3 heterocycles. The predicted octanol–water partition coefficient (Wildman–Crippen LogP) is 5.45. The molecule has 5 rings (SSSR count). The van der Waals surface area contributed by atoms with Crippen LogP contribution < -0.4 is 10.1 Å². The molecule has 3 aromatic heterocycles. The molecule has 0 saturated heterocycles. The average molecular weight is 514 g/mol. The van der Waals surface area contributed by atoms with Crippen molar-refractivity contribution < 1.29 is 13.2 Å². The Morgan fingerprint density at radius 3 is 2.49 bits per heavy atom. The van der Waals surface area contributed by atoms with E-state index in [1.54, 1.807) is 50.5 Å². The summed E-state index contributed by atoms with van der Waals surface area (Å²) >= 11 is 0. The van der Waals surface area contributed by atoms with Gasteiger partial charge in [0.05, 0.1) is 27.0 Å². The lowest BCUT2D eigenvalue weighted by molar-refractivity contribution is 0.301. The van der Waals surface area contributed by atoms with Crippen LogP contribution in [-0.4, -0.2) is 33.6 Å². The first-order chi connectivity index (χ1) is 17.9. The molecule has 0 aliphatic rings. The van der Waals surface area contributed by atoms with Gasteiger partial charge in [-0.25, -0.2) is 18.4 Å². The fraction of sp³-hybridized carbons (Fsp3) is 0.179. The van der Waals surface area contributed by atoms with E-state index in [1.165, 1.54) is 0 Å². The van der Waals surface area contributed by atoms with Crippen molar-refractivity contribution in [3.8, 4) is 5.75 Å². The Hall–Kier alpha value is -4.24. The van der Waals surface area contributed by atoms with Gasteiger partial charge in [0, 0.05) is 18.8 Å². The first-order valence-electron chi connectivity index (χ1n) is 12.0. The number of nitrogens with zero attached hydrogens (tertiary/aromatic N) is 3. The minimum Gasteiger partial charge on any atom is -0.487 e. The third kappa shape index (κ3) is 5.46. The molecular weight excluding hydrogens is 486 g/mol. The van der Waals surface area contributed by atoms with Gasteiger partial charge in [0.25, 0.3) is 0 Å². The minimum atomic E-state index is -3.48. The van der Waals surface area contributed by atoms with E-state index < -0.39 is 15.1 Å². The van der Waals surface area contributed by atoms with E-state index >= 15 is 0 Å². The van der Waals surface area contributed by atoms with E-state index in [0.717, 1.165) is 22.5 Å². The third-order valence-corrected chi connectivity index (χ3v) is 8.13. The lowest BCUT2D eigenvalue weighted by Crippen LogP contribution is -2.15. The van der Waals surface area contributed by atoms with Crippen LogP contribution in [0.3, 0.4) is 0 Å². The summed E-state index contributed by atoms with van der Waals surface area (Å²) in [6, 6.07) is 22.3. The molecular formula is C28H27N5O3S. The quantitative estimate of drug-likeness (QED) is 0.270. The van der Waals surface area contributed by atoms with E-state index in [0.29, 0.717) is 35.9 Å². The fourth-order valence-corrected chi connectivity index (χ4v) is 5.09. The van der Waals surface area contributed by atoms with Crippen molar-refractivity contribution in [2.45, 2.75) is 37.0 Å². The van der Waals surface area contributed by atoms with Crippen molar-refractivity contribution in [3.05, 3.63) is 102 Å². The number of hydrogen-bond donors (Lipinski definition) is 2. The van der Waals surface area contributed by atoms with Gasteiger partial charge < -0.3 is 15.0 Å². The summed E-state index contributed by atoms with van der Waals surface area (Å²) in [5.74, 6) is 1.88. The highest BCUT2D eigenvalue weighted by atomic mass is 32.2. The monoisotopic (exact) mass is 513 g/mol. The largest absolute Gasteiger partial charge is 0.487 e. The summed E-state index contributed by atoms with van der Waals surface area (Å²) in [7, 11) is -3.48. The standard InChI is InChI=1S/C28H27N5O3S/c1-19(2)37(34,35)25-9-4-3-8-23(25)32-28-27-24(14-16-30-27)31-26(33-28)17-20-10-12-22(13-11-20)36-18-21-7-5-6-15-29-21/h3-16,19,30H,17-18H2,1-2H3,(H,31,32,33). The zero-order chi connectivity index (χ0) is 25.8. The smallest absolute Gasteiger partial charge is 0.182 e. The normalized spacial score (nSPS) is 11.6. The Morgan fingerprint density at radius 2 is 1.73 bits per heavy atom. The predicted molar refractivity (Wildman–Crippen MR) is 144 cm³/mol. The summed E-state index contributed by atoms with van der Waals surface area (Å²) in [4.78, 5) is 17.1. The lowest BCUT2D eigenvalue weighted by Gasteiger charge is -2.15. The van der Waals surface area contributed by atoms with Crippen LogP contribution in [0.2, 0.25) is 0 Å². The molecule has 5 aromatic rings. The molecule has 2 N–H and O–H groups in total. The molecule has 0 aliphatic heterocycles. The summed E-state index contributed by atoms with van der Waals surface area (Å²) < 4.78 is 31.7. The fourth-order valence-electron chi connectivity index (χ4n) is 3.89. The number of aromatic amines is 1. The third-order valence-electron chi connectivity index (χ3n) is 5.92. The van der Waals surface area contributed by atoms with E-state index in [2.05, 4.69) is 15.3 Å². The number of fused-ring (bicyclic) bond motifs is 1. The highest BCUT2D eigenvalue weighted by Gasteiger charge is 2.23. The van der Waals surface area contributed by atoms with Crippen molar-refractivity contribution in [2.24, 2.45) is 0 Å². The Bertz CT molecular complexity index is 1620. The van der Waals surface area contributed by atoms with Gasteiger partial charge in [0.1, 0.15) is 23.7 Å². The molecule has 0 saturated carbocycles. The number of aromatic nitrogens is 4. The number of H-pyrrole nitrogens is 1. The second-order valence-electron chi connectivity index (χ2n) is 8.87. The van der Waals surface area contributed by atoms with Crippen molar-refractivity contribution >= 4 is 32.4 Å². The SMILES string of the molecule is CC(C)S(=O)(=O)c1ccccc1Nc1nc(Cc2ccc(OCc3ccccn3)cc2)nc2cc[nH]c12. The molecule has 0 spiro atoms. The van der Waals surface area contributed by atoms with Crippen LogP contribution in [0.5, 0.6) is 5.75 Å². The lowest BCUT2D eigenvalue weighted by atomic mass is 10.1. The molecule has 9 heteroatoms. The Morgan fingerprint density at radius 1 is 0.946 bits per heavy atom. The number of benzene rings is 2. The second-order valence-corrected chi connectivity index (χ2v) is 11.3. The van der Waals surface area contributed by atoms with Gasteiger partial charge in [-0.1, -0.05) is 30.3 Å². The van der Waals surface area contributed by atoms with Crippen molar-refractivity contribution in [2.75, 3.05) is 5.32 Å². The molecule has 8 nitrogen and oxygen atoms in total. The molecule has 0 fully saturated rings. The van der Waals surface area contributed by atoms with Gasteiger partial charge in [0.2, 0.25) is 0 Å². The number of rotatable bonds is 9. The first-order valence-corrected chi connectivity index (χ1v) is 13.5. The van der Waals surface area contributed by atoms with Gasteiger partial charge in [-0.2, -0.15) is 0 Å². The molecule has 0 atom stereocenters. The Kier molecular flexibility index (Phi) is 6.87. The van der Waals surface area contributed by atoms with Crippen LogP contribution in [0.25, 0.3) is 11.0 Å². The Balaban J connectivity index is 1.38.